The number of esters is 2. The molecular formula is C10H17NO4S. The molecule has 0 bridgehead atoms. The van der Waals surface area contributed by atoms with E-state index in [2.05, 4.69) is 4.74 Å². The standard InChI is InChI=1S/C10H17NO4S/c1-3-14-9(12)5-6-16-7-8(11)10(13)15-4-2/h5-6,8H,3-4,7,11H2,1-2H3/b6-5-/t8-/m1/s1. The largest absolute Gasteiger partial charge is 0.465 e. The first-order chi connectivity index (χ1) is 7.61. The van der Waals surface area contributed by atoms with Gasteiger partial charge in [0.15, 0.2) is 0 Å². The van der Waals surface area contributed by atoms with Gasteiger partial charge in [-0.3, -0.25) is 4.79 Å². The molecule has 0 aromatic carbocycles. The molecule has 0 aromatic rings. The van der Waals surface area contributed by atoms with Crippen LogP contribution in [-0.2, 0) is 19.1 Å². The van der Waals surface area contributed by atoms with Crippen LogP contribution in [0, 0.1) is 0 Å². The topological polar surface area (TPSA) is 78.6 Å². The monoisotopic (exact) mass is 247 g/mol. The summed E-state index contributed by atoms with van der Waals surface area (Å²) < 4.78 is 9.40. The van der Waals surface area contributed by atoms with E-state index in [0.717, 1.165) is 0 Å². The average Bonchev–Trinajstić information content (AvgIpc) is 2.24. The van der Waals surface area contributed by atoms with Crippen molar-refractivity contribution < 1.29 is 19.1 Å². The van der Waals surface area contributed by atoms with Gasteiger partial charge in [0.05, 0.1) is 13.2 Å². The predicted octanol–water partition coefficient (Wildman–Crippen LogP) is 0.687. The first kappa shape index (κ1) is 15.0. The highest BCUT2D eigenvalue weighted by molar-refractivity contribution is 8.02. The molecule has 0 aromatic heterocycles. The molecule has 0 unspecified atom stereocenters. The van der Waals surface area contributed by atoms with Crippen molar-refractivity contribution in [1.82, 2.24) is 0 Å². The summed E-state index contributed by atoms with van der Waals surface area (Å²) >= 11 is 1.26. The SMILES string of the molecule is CCOC(=O)/C=C\SC[C@@H](N)C(=O)OCC. The molecule has 0 heterocycles. The average molecular weight is 247 g/mol. The number of nitrogens with two attached hydrogens (primary N) is 1. The second-order valence-corrected chi connectivity index (χ2v) is 3.69. The Balaban J connectivity index is 3.72. The second-order valence-electron chi connectivity index (χ2n) is 2.75. The van der Waals surface area contributed by atoms with E-state index in [1.807, 2.05) is 0 Å². The van der Waals surface area contributed by atoms with Crippen molar-refractivity contribution in [3.8, 4) is 0 Å². The number of hydrogen-bond acceptors (Lipinski definition) is 6. The molecule has 0 aliphatic rings. The van der Waals surface area contributed by atoms with Crippen LogP contribution in [0.2, 0.25) is 0 Å². The van der Waals surface area contributed by atoms with E-state index in [9.17, 15) is 9.59 Å². The molecular weight excluding hydrogens is 230 g/mol. The van der Waals surface area contributed by atoms with Gasteiger partial charge in [-0.15, -0.1) is 11.8 Å². The number of carbonyl (C=O) groups excluding carboxylic acids is 2. The molecule has 0 spiro atoms. The molecule has 92 valence electrons. The molecule has 16 heavy (non-hydrogen) atoms. The Morgan fingerprint density at radius 3 is 2.50 bits per heavy atom. The molecule has 0 saturated heterocycles. The lowest BCUT2D eigenvalue weighted by Gasteiger charge is -2.07. The first-order valence-electron chi connectivity index (χ1n) is 4.98. The van der Waals surface area contributed by atoms with E-state index in [1.165, 1.54) is 17.8 Å². The lowest BCUT2D eigenvalue weighted by molar-refractivity contribution is -0.144. The minimum absolute atomic E-state index is 0.315. The van der Waals surface area contributed by atoms with Crippen molar-refractivity contribution in [2.75, 3.05) is 19.0 Å². The fourth-order valence-electron chi connectivity index (χ4n) is 0.771. The van der Waals surface area contributed by atoms with Crippen LogP contribution in [0.5, 0.6) is 0 Å². The van der Waals surface area contributed by atoms with Crippen molar-refractivity contribution in [1.29, 1.82) is 0 Å². The molecule has 0 rings (SSSR count). The smallest absolute Gasteiger partial charge is 0.331 e. The van der Waals surface area contributed by atoms with Gasteiger partial charge in [-0.05, 0) is 19.3 Å². The molecule has 5 nitrogen and oxygen atoms in total. The minimum Gasteiger partial charge on any atom is -0.465 e. The van der Waals surface area contributed by atoms with Crippen LogP contribution in [0.3, 0.4) is 0 Å². The molecule has 0 fully saturated rings. The van der Waals surface area contributed by atoms with Crippen molar-refractivity contribution >= 4 is 23.7 Å². The zero-order valence-electron chi connectivity index (χ0n) is 9.47. The maximum atomic E-state index is 11.1. The third-order valence-electron chi connectivity index (χ3n) is 1.45. The van der Waals surface area contributed by atoms with Gasteiger partial charge in [0, 0.05) is 11.8 Å². The molecule has 0 aliphatic heterocycles. The van der Waals surface area contributed by atoms with Crippen LogP contribution >= 0.6 is 11.8 Å². The number of ether oxygens (including phenoxy) is 2. The predicted molar refractivity (Wildman–Crippen MR) is 62.8 cm³/mol. The zero-order valence-corrected chi connectivity index (χ0v) is 10.3. The molecule has 0 aliphatic carbocycles. The van der Waals surface area contributed by atoms with Gasteiger partial charge in [0.1, 0.15) is 6.04 Å². The number of carbonyl (C=O) groups is 2. The summed E-state index contributed by atoms with van der Waals surface area (Å²) in [4.78, 5) is 22.0. The molecule has 1 atom stereocenters. The summed E-state index contributed by atoms with van der Waals surface area (Å²) in [6.45, 7) is 4.11. The number of rotatable bonds is 7. The highest BCUT2D eigenvalue weighted by Crippen LogP contribution is 2.04. The molecule has 6 heteroatoms. The third-order valence-corrected chi connectivity index (χ3v) is 2.33. The van der Waals surface area contributed by atoms with Crippen LogP contribution in [0.1, 0.15) is 13.8 Å². The quantitative estimate of drug-likeness (QED) is 0.526. The van der Waals surface area contributed by atoms with E-state index in [4.69, 9.17) is 10.5 Å². The summed E-state index contributed by atoms with van der Waals surface area (Å²) in [7, 11) is 0. The Bertz CT molecular complexity index is 255. The highest BCUT2D eigenvalue weighted by atomic mass is 32.2. The Labute approximate surface area is 99.3 Å². The van der Waals surface area contributed by atoms with Crippen LogP contribution in [-0.4, -0.2) is 36.9 Å². The van der Waals surface area contributed by atoms with Crippen molar-refractivity contribution in [3.63, 3.8) is 0 Å². The molecule has 2 N–H and O–H groups in total. The normalized spacial score (nSPS) is 12.4. The summed E-state index contributed by atoms with van der Waals surface area (Å²) in [5.41, 5.74) is 5.53. The van der Waals surface area contributed by atoms with E-state index in [0.29, 0.717) is 19.0 Å². The van der Waals surface area contributed by atoms with E-state index in [1.54, 1.807) is 19.3 Å². The first-order valence-corrected chi connectivity index (χ1v) is 6.03. The molecule has 0 amide bonds. The maximum Gasteiger partial charge on any atom is 0.331 e. The van der Waals surface area contributed by atoms with Crippen molar-refractivity contribution in [2.24, 2.45) is 5.73 Å². The van der Waals surface area contributed by atoms with Gasteiger partial charge in [0.25, 0.3) is 0 Å². The van der Waals surface area contributed by atoms with Crippen LogP contribution in [0.15, 0.2) is 11.5 Å². The van der Waals surface area contributed by atoms with Gasteiger partial charge in [0.2, 0.25) is 0 Å². The summed E-state index contributed by atoms with van der Waals surface area (Å²) in [5, 5.41) is 1.55. The zero-order chi connectivity index (χ0) is 12.4. The van der Waals surface area contributed by atoms with E-state index >= 15 is 0 Å². The minimum atomic E-state index is -0.670. The Morgan fingerprint density at radius 2 is 1.94 bits per heavy atom. The summed E-state index contributed by atoms with van der Waals surface area (Å²) in [6, 6.07) is -0.670. The summed E-state index contributed by atoms with van der Waals surface area (Å²) in [6.07, 6.45) is 1.30. The van der Waals surface area contributed by atoms with Gasteiger partial charge >= 0.3 is 11.9 Å². The van der Waals surface area contributed by atoms with Gasteiger partial charge in [-0.1, -0.05) is 0 Å². The van der Waals surface area contributed by atoms with Crippen LogP contribution in [0.25, 0.3) is 0 Å². The van der Waals surface area contributed by atoms with Crippen LogP contribution < -0.4 is 5.73 Å². The number of thioether (sulfide) groups is 1. The lowest BCUT2D eigenvalue weighted by Crippen LogP contribution is -2.34. The Kier molecular flexibility index (Phi) is 8.65. The van der Waals surface area contributed by atoms with E-state index < -0.39 is 18.0 Å². The Hall–Kier alpha value is -1.01. The fraction of sp³-hybridized carbons (Fsp3) is 0.600. The van der Waals surface area contributed by atoms with Crippen molar-refractivity contribution in [3.05, 3.63) is 11.5 Å². The third kappa shape index (κ3) is 7.30. The molecule has 0 radical (unpaired) electrons. The highest BCUT2D eigenvalue weighted by Gasteiger charge is 2.13. The van der Waals surface area contributed by atoms with Crippen molar-refractivity contribution in [2.45, 2.75) is 19.9 Å². The number of hydrogen-bond donors (Lipinski definition) is 1. The lowest BCUT2D eigenvalue weighted by atomic mass is 10.4. The second kappa shape index (κ2) is 9.23. The maximum absolute atomic E-state index is 11.1. The van der Waals surface area contributed by atoms with Gasteiger partial charge in [-0.2, -0.15) is 0 Å². The van der Waals surface area contributed by atoms with E-state index in [-0.39, 0.29) is 0 Å². The summed E-state index contributed by atoms with van der Waals surface area (Å²) in [5.74, 6) is -0.464. The van der Waals surface area contributed by atoms with Crippen LogP contribution in [0.4, 0.5) is 0 Å². The Morgan fingerprint density at radius 1 is 1.31 bits per heavy atom. The van der Waals surface area contributed by atoms with Gasteiger partial charge < -0.3 is 15.2 Å². The molecule has 0 saturated carbocycles. The van der Waals surface area contributed by atoms with Gasteiger partial charge in [-0.25, -0.2) is 4.79 Å². The fourth-order valence-corrected chi connectivity index (χ4v) is 1.43.